The van der Waals surface area contributed by atoms with Crippen molar-refractivity contribution in [2.24, 2.45) is 13.0 Å². The van der Waals surface area contributed by atoms with Crippen LogP contribution in [-0.4, -0.2) is 27.2 Å². The van der Waals surface area contributed by atoms with Gasteiger partial charge in [-0.15, -0.1) is 23.1 Å². The SMILES string of the molecule is CC(C)Cc1nn(C)c(=O)c2c(SCCCO)c(Cc3ccc4ccccc4c3)sc12. The summed E-state index contributed by atoms with van der Waals surface area (Å²) in [4.78, 5) is 15.4. The van der Waals surface area contributed by atoms with Crippen LogP contribution < -0.4 is 5.56 Å². The van der Waals surface area contributed by atoms with Gasteiger partial charge in [0.1, 0.15) is 0 Å². The van der Waals surface area contributed by atoms with Crippen LogP contribution in [0.5, 0.6) is 0 Å². The van der Waals surface area contributed by atoms with Crippen LogP contribution >= 0.6 is 23.1 Å². The molecule has 2 heterocycles. The van der Waals surface area contributed by atoms with E-state index in [1.807, 2.05) is 0 Å². The Morgan fingerprint density at radius 3 is 2.68 bits per heavy atom. The van der Waals surface area contributed by atoms with E-state index in [0.717, 1.165) is 39.3 Å². The molecule has 0 aliphatic heterocycles. The average molecular weight is 453 g/mol. The summed E-state index contributed by atoms with van der Waals surface area (Å²) < 4.78 is 2.52. The number of hydrogen-bond donors (Lipinski definition) is 1. The highest BCUT2D eigenvalue weighted by atomic mass is 32.2. The summed E-state index contributed by atoms with van der Waals surface area (Å²) in [5, 5.41) is 17.1. The minimum atomic E-state index is -0.0324. The minimum Gasteiger partial charge on any atom is -0.396 e. The van der Waals surface area contributed by atoms with Crippen molar-refractivity contribution in [3.63, 3.8) is 0 Å². The molecule has 0 atom stereocenters. The molecular formula is C25H28N2O2S2. The van der Waals surface area contributed by atoms with Crippen LogP contribution in [0.2, 0.25) is 0 Å². The van der Waals surface area contributed by atoms with Crippen molar-refractivity contribution >= 4 is 44.0 Å². The summed E-state index contributed by atoms with van der Waals surface area (Å²) in [6, 6.07) is 15.0. The highest BCUT2D eigenvalue weighted by Crippen LogP contribution is 2.40. The Bertz CT molecular complexity index is 1270. The zero-order valence-corrected chi connectivity index (χ0v) is 19.9. The summed E-state index contributed by atoms with van der Waals surface area (Å²) >= 11 is 3.40. The molecule has 0 bridgehead atoms. The number of aromatic nitrogens is 2. The molecule has 162 valence electrons. The molecule has 6 heteroatoms. The van der Waals surface area contributed by atoms with Gasteiger partial charge in [0, 0.05) is 35.6 Å². The number of aryl methyl sites for hydroxylation is 1. The molecule has 0 saturated carbocycles. The van der Waals surface area contributed by atoms with Crippen molar-refractivity contribution in [1.29, 1.82) is 0 Å². The van der Waals surface area contributed by atoms with Gasteiger partial charge < -0.3 is 5.11 Å². The van der Waals surface area contributed by atoms with E-state index >= 15 is 0 Å². The fourth-order valence-electron chi connectivity index (χ4n) is 3.86. The van der Waals surface area contributed by atoms with Gasteiger partial charge in [-0.05, 0) is 35.1 Å². The van der Waals surface area contributed by atoms with Crippen LogP contribution in [0.1, 0.15) is 36.4 Å². The van der Waals surface area contributed by atoms with E-state index in [2.05, 4.69) is 61.4 Å². The number of hydrogen-bond acceptors (Lipinski definition) is 5. The first-order chi connectivity index (χ1) is 15.0. The van der Waals surface area contributed by atoms with E-state index in [-0.39, 0.29) is 12.2 Å². The third kappa shape index (κ3) is 4.71. The summed E-state index contributed by atoms with van der Waals surface area (Å²) in [5.41, 5.74) is 2.21. The number of rotatable bonds is 8. The lowest BCUT2D eigenvalue weighted by Gasteiger charge is -2.08. The predicted octanol–water partition coefficient (Wildman–Crippen LogP) is 5.41. The van der Waals surface area contributed by atoms with Crippen molar-refractivity contribution in [1.82, 2.24) is 9.78 Å². The first kappa shape index (κ1) is 22.1. The fourth-order valence-corrected chi connectivity index (χ4v) is 6.48. The van der Waals surface area contributed by atoms with Gasteiger partial charge in [-0.2, -0.15) is 5.10 Å². The number of aliphatic hydroxyl groups is 1. The number of fused-ring (bicyclic) bond motifs is 2. The van der Waals surface area contributed by atoms with Crippen LogP contribution in [0.4, 0.5) is 0 Å². The fraction of sp³-hybridized carbons (Fsp3) is 0.360. The summed E-state index contributed by atoms with van der Waals surface area (Å²) in [7, 11) is 1.74. The maximum Gasteiger partial charge on any atom is 0.276 e. The molecule has 0 unspecified atom stereocenters. The van der Waals surface area contributed by atoms with E-state index in [1.165, 1.54) is 25.9 Å². The van der Waals surface area contributed by atoms with Crippen LogP contribution in [0.25, 0.3) is 20.9 Å². The molecule has 0 spiro atoms. The van der Waals surface area contributed by atoms with E-state index in [4.69, 9.17) is 0 Å². The summed E-state index contributed by atoms with van der Waals surface area (Å²) in [6.45, 7) is 4.52. The summed E-state index contributed by atoms with van der Waals surface area (Å²) in [6.07, 6.45) is 2.35. The molecule has 4 nitrogen and oxygen atoms in total. The molecule has 2 aromatic carbocycles. The maximum atomic E-state index is 13.1. The quantitative estimate of drug-likeness (QED) is 0.287. The molecule has 2 aromatic heterocycles. The number of nitrogens with zero attached hydrogens (tertiary/aromatic N) is 2. The molecule has 1 N–H and O–H groups in total. The highest BCUT2D eigenvalue weighted by molar-refractivity contribution is 7.99. The van der Waals surface area contributed by atoms with Crippen LogP contribution in [0.3, 0.4) is 0 Å². The van der Waals surface area contributed by atoms with Gasteiger partial charge >= 0.3 is 0 Å². The van der Waals surface area contributed by atoms with Crippen LogP contribution in [0.15, 0.2) is 52.2 Å². The highest BCUT2D eigenvalue weighted by Gasteiger charge is 2.21. The van der Waals surface area contributed by atoms with Gasteiger partial charge in [-0.3, -0.25) is 4.79 Å². The largest absolute Gasteiger partial charge is 0.396 e. The van der Waals surface area contributed by atoms with E-state index < -0.39 is 0 Å². The zero-order valence-electron chi connectivity index (χ0n) is 18.2. The van der Waals surface area contributed by atoms with Gasteiger partial charge in [-0.25, -0.2) is 4.68 Å². The molecule has 4 aromatic rings. The van der Waals surface area contributed by atoms with Gasteiger partial charge in [-0.1, -0.05) is 56.3 Å². The average Bonchev–Trinajstić information content (AvgIpc) is 3.10. The molecule has 0 amide bonds. The van der Waals surface area contributed by atoms with Gasteiger partial charge in [0.05, 0.1) is 15.8 Å². The van der Waals surface area contributed by atoms with Crippen molar-refractivity contribution < 1.29 is 5.11 Å². The van der Waals surface area contributed by atoms with Gasteiger partial charge in [0.25, 0.3) is 5.56 Å². The number of thioether (sulfide) groups is 1. The summed E-state index contributed by atoms with van der Waals surface area (Å²) in [5.74, 6) is 1.25. The Hall–Kier alpha value is -2.15. The topological polar surface area (TPSA) is 55.1 Å². The first-order valence-corrected chi connectivity index (χ1v) is 12.5. The van der Waals surface area contributed by atoms with Crippen molar-refractivity contribution in [2.45, 2.75) is 38.0 Å². The Kier molecular flexibility index (Phi) is 6.80. The normalized spacial score (nSPS) is 11.8. The third-order valence-electron chi connectivity index (χ3n) is 5.30. The zero-order chi connectivity index (χ0) is 22.0. The van der Waals surface area contributed by atoms with E-state index in [9.17, 15) is 9.90 Å². The third-order valence-corrected chi connectivity index (χ3v) is 7.90. The van der Waals surface area contributed by atoms with Crippen molar-refractivity contribution in [2.75, 3.05) is 12.4 Å². The van der Waals surface area contributed by atoms with Gasteiger partial charge in [0.2, 0.25) is 0 Å². The molecule has 31 heavy (non-hydrogen) atoms. The Morgan fingerprint density at radius 1 is 1.16 bits per heavy atom. The molecular weight excluding hydrogens is 424 g/mol. The number of benzene rings is 2. The molecule has 0 saturated heterocycles. The molecule has 0 aliphatic rings. The first-order valence-electron chi connectivity index (χ1n) is 10.7. The Balaban J connectivity index is 1.84. The lowest BCUT2D eigenvalue weighted by molar-refractivity contribution is 0.296. The molecule has 4 rings (SSSR count). The van der Waals surface area contributed by atoms with Crippen molar-refractivity contribution in [3.05, 3.63) is 69.0 Å². The Labute approximate surface area is 190 Å². The van der Waals surface area contributed by atoms with Gasteiger partial charge in [0.15, 0.2) is 0 Å². The monoisotopic (exact) mass is 452 g/mol. The molecule has 0 aliphatic carbocycles. The van der Waals surface area contributed by atoms with Crippen LogP contribution in [-0.2, 0) is 19.9 Å². The second kappa shape index (κ2) is 9.55. The standard InChI is InChI=1S/C25H28N2O2S2/c1-16(2)13-20-23-22(25(29)27(3)26-20)24(30-12-6-11-28)21(31-23)15-17-9-10-18-7-4-5-8-19(18)14-17/h4-5,7-10,14,16,28H,6,11-13,15H2,1-3H3. The van der Waals surface area contributed by atoms with E-state index in [1.54, 1.807) is 30.1 Å². The predicted molar refractivity (Wildman–Crippen MR) is 133 cm³/mol. The Morgan fingerprint density at radius 2 is 1.94 bits per heavy atom. The second-order valence-electron chi connectivity index (χ2n) is 8.32. The minimum absolute atomic E-state index is 0.0324. The molecule has 0 fully saturated rings. The maximum absolute atomic E-state index is 13.1. The van der Waals surface area contributed by atoms with Crippen molar-refractivity contribution in [3.8, 4) is 0 Å². The number of thiophene rings is 1. The second-order valence-corrected chi connectivity index (χ2v) is 10.5. The van der Waals surface area contributed by atoms with E-state index in [0.29, 0.717) is 12.3 Å². The lowest BCUT2D eigenvalue weighted by Crippen LogP contribution is -2.21. The van der Waals surface area contributed by atoms with Crippen LogP contribution in [0, 0.1) is 5.92 Å². The smallest absolute Gasteiger partial charge is 0.276 e. The molecule has 0 radical (unpaired) electrons. The number of aliphatic hydroxyl groups excluding tert-OH is 1. The lowest BCUT2D eigenvalue weighted by atomic mass is 10.0.